The van der Waals surface area contributed by atoms with Gasteiger partial charge in [-0.15, -0.1) is 0 Å². The first kappa shape index (κ1) is 16.3. The highest BCUT2D eigenvalue weighted by Gasteiger charge is 2.16. The van der Waals surface area contributed by atoms with Crippen molar-refractivity contribution in [1.29, 1.82) is 0 Å². The smallest absolute Gasteiger partial charge is 0.260 e. The highest BCUT2D eigenvalue weighted by Crippen LogP contribution is 2.24. The number of aromatic nitrogens is 1. The van der Waals surface area contributed by atoms with Crippen molar-refractivity contribution in [2.24, 2.45) is 0 Å². The maximum Gasteiger partial charge on any atom is 0.260 e. The quantitative estimate of drug-likeness (QED) is 0.743. The molecule has 1 aromatic carbocycles. The minimum absolute atomic E-state index is 0.111. The Labute approximate surface area is 147 Å². The van der Waals surface area contributed by atoms with Crippen molar-refractivity contribution in [2.75, 3.05) is 7.05 Å². The number of halogens is 1. The fourth-order valence-corrected chi connectivity index (χ4v) is 2.60. The third-order valence-electron chi connectivity index (χ3n) is 3.58. The molecule has 122 valence electrons. The molecule has 1 amide bonds. The summed E-state index contributed by atoms with van der Waals surface area (Å²) in [5.74, 6) is 1.03. The van der Waals surface area contributed by atoms with Crippen LogP contribution in [0.5, 0.6) is 0 Å². The lowest BCUT2D eigenvalue weighted by Gasteiger charge is -2.15. The SMILES string of the molecule is CN(Cc1ccc(-c2ccc(Br)cc2)o1)C(=O)c1ccc[nH]c1=O. The van der Waals surface area contributed by atoms with Crippen molar-refractivity contribution in [3.05, 3.63) is 80.9 Å². The lowest BCUT2D eigenvalue weighted by atomic mass is 10.2. The van der Waals surface area contributed by atoms with Crippen molar-refractivity contribution in [3.8, 4) is 11.3 Å². The maximum atomic E-state index is 12.3. The van der Waals surface area contributed by atoms with E-state index in [0.29, 0.717) is 5.76 Å². The summed E-state index contributed by atoms with van der Waals surface area (Å²) in [5.41, 5.74) is 0.668. The lowest BCUT2D eigenvalue weighted by molar-refractivity contribution is 0.0774. The molecule has 0 radical (unpaired) electrons. The van der Waals surface area contributed by atoms with Crippen LogP contribution in [-0.2, 0) is 6.54 Å². The van der Waals surface area contributed by atoms with E-state index in [4.69, 9.17) is 4.42 Å². The second kappa shape index (κ2) is 6.88. The monoisotopic (exact) mass is 386 g/mol. The van der Waals surface area contributed by atoms with Gasteiger partial charge in [0.1, 0.15) is 17.1 Å². The van der Waals surface area contributed by atoms with Crippen LogP contribution in [0.4, 0.5) is 0 Å². The van der Waals surface area contributed by atoms with Gasteiger partial charge in [0.15, 0.2) is 0 Å². The number of nitrogens with one attached hydrogen (secondary N) is 1. The van der Waals surface area contributed by atoms with Crippen LogP contribution in [0.2, 0.25) is 0 Å². The van der Waals surface area contributed by atoms with Gasteiger partial charge in [-0.05, 0) is 36.4 Å². The molecule has 1 N–H and O–H groups in total. The molecule has 2 heterocycles. The number of furan rings is 1. The van der Waals surface area contributed by atoms with Crippen molar-refractivity contribution >= 4 is 21.8 Å². The minimum atomic E-state index is -0.399. The Balaban J connectivity index is 1.75. The normalized spacial score (nSPS) is 10.6. The Bertz CT molecular complexity index is 912. The molecule has 0 spiro atoms. The van der Waals surface area contributed by atoms with Gasteiger partial charge in [-0.2, -0.15) is 0 Å². The Morgan fingerprint density at radius 1 is 1.17 bits per heavy atom. The summed E-state index contributed by atoms with van der Waals surface area (Å²) in [5, 5.41) is 0. The van der Waals surface area contributed by atoms with Gasteiger partial charge in [0.2, 0.25) is 0 Å². The van der Waals surface area contributed by atoms with Crippen molar-refractivity contribution in [2.45, 2.75) is 6.54 Å². The summed E-state index contributed by atoms with van der Waals surface area (Å²) >= 11 is 3.40. The molecule has 24 heavy (non-hydrogen) atoms. The Morgan fingerprint density at radius 3 is 2.62 bits per heavy atom. The zero-order valence-corrected chi connectivity index (χ0v) is 14.5. The molecule has 0 atom stereocenters. The molecular weight excluding hydrogens is 372 g/mol. The molecule has 0 unspecified atom stereocenters. The number of H-pyrrole nitrogens is 1. The first-order valence-corrected chi connectivity index (χ1v) is 8.12. The average Bonchev–Trinajstić information content (AvgIpc) is 3.04. The number of aromatic amines is 1. The summed E-state index contributed by atoms with van der Waals surface area (Å²) < 4.78 is 6.80. The third-order valence-corrected chi connectivity index (χ3v) is 4.11. The van der Waals surface area contributed by atoms with Crippen LogP contribution in [0.15, 0.2) is 68.4 Å². The number of amides is 1. The molecule has 2 aromatic heterocycles. The lowest BCUT2D eigenvalue weighted by Crippen LogP contribution is -2.30. The van der Waals surface area contributed by atoms with Crippen molar-refractivity contribution < 1.29 is 9.21 Å². The zero-order chi connectivity index (χ0) is 17.1. The molecule has 0 saturated heterocycles. The first-order valence-electron chi connectivity index (χ1n) is 7.32. The second-order valence-corrected chi connectivity index (χ2v) is 6.26. The minimum Gasteiger partial charge on any atom is -0.459 e. The van der Waals surface area contributed by atoms with Gasteiger partial charge >= 0.3 is 0 Å². The summed E-state index contributed by atoms with van der Waals surface area (Å²) in [7, 11) is 1.64. The molecule has 0 aliphatic rings. The number of hydrogen-bond acceptors (Lipinski definition) is 3. The van der Waals surface area contributed by atoms with Gasteiger partial charge in [0, 0.05) is 23.3 Å². The molecule has 0 fully saturated rings. The van der Waals surface area contributed by atoms with Gasteiger partial charge in [0.05, 0.1) is 6.54 Å². The molecule has 0 aliphatic heterocycles. The van der Waals surface area contributed by atoms with Crippen LogP contribution in [0.3, 0.4) is 0 Å². The molecule has 3 aromatic rings. The highest BCUT2D eigenvalue weighted by atomic mass is 79.9. The molecular formula is C18H15BrN2O3. The van der Waals surface area contributed by atoms with Crippen LogP contribution in [0.25, 0.3) is 11.3 Å². The maximum absolute atomic E-state index is 12.3. The average molecular weight is 387 g/mol. The van der Waals surface area contributed by atoms with Gasteiger partial charge in [0.25, 0.3) is 11.5 Å². The predicted octanol–water partition coefficient (Wildman–Crippen LogP) is 3.67. The molecule has 5 nitrogen and oxygen atoms in total. The van der Waals surface area contributed by atoms with Crippen LogP contribution in [0.1, 0.15) is 16.1 Å². The number of carbonyl (C=O) groups is 1. The molecule has 0 aliphatic carbocycles. The predicted molar refractivity (Wildman–Crippen MR) is 94.7 cm³/mol. The standard InChI is InChI=1S/C18H15BrN2O3/c1-21(18(23)15-3-2-10-20-17(15)22)11-14-8-9-16(24-14)12-4-6-13(19)7-5-12/h2-10H,11H2,1H3,(H,20,22). The molecule has 0 bridgehead atoms. The van der Waals surface area contributed by atoms with E-state index in [1.54, 1.807) is 13.1 Å². The van der Waals surface area contributed by atoms with E-state index >= 15 is 0 Å². The summed E-state index contributed by atoms with van der Waals surface area (Å²) in [6, 6.07) is 14.6. The Hall–Kier alpha value is -2.60. The van der Waals surface area contributed by atoms with E-state index < -0.39 is 5.56 Å². The van der Waals surface area contributed by atoms with Gasteiger partial charge in [-0.1, -0.05) is 28.1 Å². The van der Waals surface area contributed by atoms with E-state index in [1.165, 1.54) is 17.2 Å². The third kappa shape index (κ3) is 3.49. The van der Waals surface area contributed by atoms with Gasteiger partial charge < -0.3 is 14.3 Å². The van der Waals surface area contributed by atoms with E-state index in [1.807, 2.05) is 36.4 Å². The van der Waals surface area contributed by atoms with E-state index in [2.05, 4.69) is 20.9 Å². The van der Waals surface area contributed by atoms with Crippen molar-refractivity contribution in [1.82, 2.24) is 9.88 Å². The van der Waals surface area contributed by atoms with E-state index in [9.17, 15) is 9.59 Å². The Morgan fingerprint density at radius 2 is 1.92 bits per heavy atom. The number of pyridine rings is 1. The van der Waals surface area contributed by atoms with Gasteiger partial charge in [-0.25, -0.2) is 0 Å². The second-order valence-electron chi connectivity index (χ2n) is 5.35. The van der Waals surface area contributed by atoms with Crippen LogP contribution in [0, 0.1) is 0 Å². The van der Waals surface area contributed by atoms with E-state index in [0.717, 1.165) is 15.8 Å². The number of nitrogens with zero attached hydrogens (tertiary/aromatic N) is 1. The summed E-state index contributed by atoms with van der Waals surface area (Å²) in [6.45, 7) is 0.281. The number of carbonyl (C=O) groups excluding carboxylic acids is 1. The number of rotatable bonds is 4. The largest absolute Gasteiger partial charge is 0.459 e. The highest BCUT2D eigenvalue weighted by molar-refractivity contribution is 9.10. The van der Waals surface area contributed by atoms with Crippen LogP contribution >= 0.6 is 15.9 Å². The Kier molecular flexibility index (Phi) is 4.66. The van der Waals surface area contributed by atoms with Crippen LogP contribution in [-0.4, -0.2) is 22.8 Å². The fourth-order valence-electron chi connectivity index (χ4n) is 2.33. The first-order chi connectivity index (χ1) is 11.5. The number of hydrogen-bond donors (Lipinski definition) is 1. The summed E-state index contributed by atoms with van der Waals surface area (Å²) in [6.07, 6.45) is 1.50. The fraction of sp³-hybridized carbons (Fsp3) is 0.111. The van der Waals surface area contributed by atoms with Crippen molar-refractivity contribution in [3.63, 3.8) is 0 Å². The van der Waals surface area contributed by atoms with Gasteiger partial charge in [-0.3, -0.25) is 9.59 Å². The topological polar surface area (TPSA) is 66.3 Å². The summed E-state index contributed by atoms with van der Waals surface area (Å²) in [4.78, 5) is 28.0. The van der Waals surface area contributed by atoms with Crippen LogP contribution < -0.4 is 5.56 Å². The molecule has 0 saturated carbocycles. The van der Waals surface area contributed by atoms with E-state index in [-0.39, 0.29) is 18.0 Å². The molecule has 3 rings (SSSR count). The molecule has 6 heteroatoms. The number of benzene rings is 1. The zero-order valence-electron chi connectivity index (χ0n) is 13.0.